The fourth-order valence-electron chi connectivity index (χ4n) is 1.95. The van der Waals surface area contributed by atoms with Crippen LogP contribution in [-0.2, 0) is 6.54 Å². The van der Waals surface area contributed by atoms with E-state index < -0.39 is 0 Å². The normalized spacial score (nSPS) is 12.7. The Morgan fingerprint density at radius 3 is 2.67 bits per heavy atom. The number of ether oxygens (including phenoxy) is 1. The molecule has 0 radical (unpaired) electrons. The standard InChI is InChI=1S/C15H25NO2/c1-4-18-15-8-6-5-7-13(15)10-16-11-14(17)9-12(2)3/h5-8,12,14,16-17H,4,9-11H2,1-3H3. The SMILES string of the molecule is CCOc1ccccc1CNCC(O)CC(C)C. The van der Waals surface area contributed by atoms with Gasteiger partial charge in [-0.15, -0.1) is 0 Å². The fourth-order valence-corrected chi connectivity index (χ4v) is 1.95. The molecule has 0 aliphatic rings. The molecule has 2 N–H and O–H groups in total. The van der Waals surface area contributed by atoms with Crippen LogP contribution in [0, 0.1) is 5.92 Å². The van der Waals surface area contributed by atoms with Crippen molar-refractivity contribution >= 4 is 0 Å². The molecular formula is C15H25NO2. The molecule has 1 atom stereocenters. The van der Waals surface area contributed by atoms with Gasteiger partial charge in [0.2, 0.25) is 0 Å². The van der Waals surface area contributed by atoms with Gasteiger partial charge in [0, 0.05) is 18.7 Å². The van der Waals surface area contributed by atoms with Crippen molar-refractivity contribution in [3.8, 4) is 5.75 Å². The maximum atomic E-state index is 9.78. The maximum absolute atomic E-state index is 9.78. The first-order chi connectivity index (χ1) is 8.63. The highest BCUT2D eigenvalue weighted by Gasteiger charge is 2.07. The third-order valence-electron chi connectivity index (χ3n) is 2.71. The highest BCUT2D eigenvalue weighted by atomic mass is 16.5. The third-order valence-corrected chi connectivity index (χ3v) is 2.71. The van der Waals surface area contributed by atoms with E-state index in [1.54, 1.807) is 0 Å². The van der Waals surface area contributed by atoms with Crippen LogP contribution < -0.4 is 10.1 Å². The van der Waals surface area contributed by atoms with E-state index in [4.69, 9.17) is 4.74 Å². The van der Waals surface area contributed by atoms with Crippen LogP contribution in [0.15, 0.2) is 24.3 Å². The van der Waals surface area contributed by atoms with E-state index in [0.717, 1.165) is 24.3 Å². The average Bonchev–Trinajstić information content (AvgIpc) is 2.30. The predicted molar refractivity (Wildman–Crippen MR) is 74.8 cm³/mol. The fraction of sp³-hybridized carbons (Fsp3) is 0.600. The summed E-state index contributed by atoms with van der Waals surface area (Å²) in [5.41, 5.74) is 1.14. The van der Waals surface area contributed by atoms with Gasteiger partial charge in [0.25, 0.3) is 0 Å². The van der Waals surface area contributed by atoms with Gasteiger partial charge in [-0.25, -0.2) is 0 Å². The molecule has 0 heterocycles. The Kier molecular flexibility index (Phi) is 6.76. The van der Waals surface area contributed by atoms with Gasteiger partial charge in [-0.1, -0.05) is 32.0 Å². The van der Waals surface area contributed by atoms with Gasteiger partial charge in [0.15, 0.2) is 0 Å². The van der Waals surface area contributed by atoms with Crippen LogP contribution in [-0.4, -0.2) is 24.4 Å². The molecule has 0 spiro atoms. The zero-order valence-corrected chi connectivity index (χ0v) is 11.6. The number of rotatable bonds is 8. The summed E-state index contributed by atoms with van der Waals surface area (Å²) >= 11 is 0. The Bertz CT molecular complexity index is 339. The summed E-state index contributed by atoms with van der Waals surface area (Å²) in [7, 11) is 0. The molecule has 0 bridgehead atoms. The van der Waals surface area contributed by atoms with Crippen molar-refractivity contribution < 1.29 is 9.84 Å². The number of hydrogen-bond donors (Lipinski definition) is 2. The molecule has 18 heavy (non-hydrogen) atoms. The third kappa shape index (κ3) is 5.52. The van der Waals surface area contributed by atoms with Crippen LogP contribution in [0.3, 0.4) is 0 Å². The summed E-state index contributed by atoms with van der Waals surface area (Å²) in [6.45, 7) is 8.24. The van der Waals surface area contributed by atoms with Crippen LogP contribution in [0.1, 0.15) is 32.8 Å². The summed E-state index contributed by atoms with van der Waals surface area (Å²) in [6, 6.07) is 8.00. The Morgan fingerprint density at radius 2 is 2.00 bits per heavy atom. The van der Waals surface area contributed by atoms with Gasteiger partial charge in [0.05, 0.1) is 12.7 Å². The first-order valence-corrected chi connectivity index (χ1v) is 6.73. The average molecular weight is 251 g/mol. The summed E-state index contributed by atoms with van der Waals surface area (Å²) in [5, 5.41) is 13.1. The van der Waals surface area contributed by atoms with Gasteiger partial charge in [-0.3, -0.25) is 0 Å². The van der Waals surface area contributed by atoms with Gasteiger partial charge in [0.1, 0.15) is 5.75 Å². The Balaban J connectivity index is 2.39. The van der Waals surface area contributed by atoms with Gasteiger partial charge in [-0.05, 0) is 25.3 Å². The Morgan fingerprint density at radius 1 is 1.28 bits per heavy atom. The van der Waals surface area contributed by atoms with Gasteiger partial charge < -0.3 is 15.2 Å². The van der Waals surface area contributed by atoms with Crippen molar-refractivity contribution in [2.24, 2.45) is 5.92 Å². The van der Waals surface area contributed by atoms with E-state index in [-0.39, 0.29) is 6.10 Å². The van der Waals surface area contributed by atoms with Crippen LogP contribution in [0.2, 0.25) is 0 Å². The first kappa shape index (κ1) is 15.0. The molecule has 0 saturated heterocycles. The lowest BCUT2D eigenvalue weighted by molar-refractivity contribution is 0.146. The Hall–Kier alpha value is -1.06. The largest absolute Gasteiger partial charge is 0.494 e. The Labute approximate surface area is 110 Å². The molecule has 0 amide bonds. The lowest BCUT2D eigenvalue weighted by Crippen LogP contribution is -2.27. The summed E-state index contributed by atoms with van der Waals surface area (Å²) < 4.78 is 5.56. The van der Waals surface area contributed by atoms with E-state index in [2.05, 4.69) is 19.2 Å². The molecule has 1 aromatic carbocycles. The molecule has 0 aliphatic carbocycles. The zero-order valence-electron chi connectivity index (χ0n) is 11.6. The topological polar surface area (TPSA) is 41.5 Å². The van der Waals surface area contributed by atoms with E-state index in [9.17, 15) is 5.11 Å². The molecule has 1 unspecified atom stereocenters. The molecule has 0 saturated carbocycles. The van der Waals surface area contributed by atoms with Crippen LogP contribution in [0.4, 0.5) is 0 Å². The van der Waals surface area contributed by atoms with E-state index in [1.807, 2.05) is 31.2 Å². The molecule has 0 aromatic heterocycles. The van der Waals surface area contributed by atoms with Crippen molar-refractivity contribution in [3.63, 3.8) is 0 Å². The monoisotopic (exact) mass is 251 g/mol. The van der Waals surface area contributed by atoms with Gasteiger partial charge >= 0.3 is 0 Å². The summed E-state index contributed by atoms with van der Waals surface area (Å²) in [4.78, 5) is 0. The summed E-state index contributed by atoms with van der Waals surface area (Å²) in [6.07, 6.45) is 0.560. The number of benzene rings is 1. The number of aliphatic hydroxyl groups excluding tert-OH is 1. The van der Waals surface area contributed by atoms with Crippen LogP contribution in [0.5, 0.6) is 5.75 Å². The minimum atomic E-state index is -0.274. The van der Waals surface area contributed by atoms with E-state index in [1.165, 1.54) is 0 Å². The number of para-hydroxylation sites is 1. The number of aliphatic hydroxyl groups is 1. The second kappa shape index (κ2) is 8.11. The highest BCUT2D eigenvalue weighted by molar-refractivity contribution is 5.33. The second-order valence-corrected chi connectivity index (χ2v) is 4.96. The lowest BCUT2D eigenvalue weighted by atomic mass is 10.1. The predicted octanol–water partition coefficient (Wildman–Crippen LogP) is 2.58. The molecule has 3 heteroatoms. The smallest absolute Gasteiger partial charge is 0.123 e. The molecular weight excluding hydrogens is 226 g/mol. The van der Waals surface area contributed by atoms with E-state index in [0.29, 0.717) is 19.1 Å². The first-order valence-electron chi connectivity index (χ1n) is 6.73. The second-order valence-electron chi connectivity index (χ2n) is 4.96. The quantitative estimate of drug-likeness (QED) is 0.746. The van der Waals surface area contributed by atoms with Gasteiger partial charge in [-0.2, -0.15) is 0 Å². The molecule has 1 aromatic rings. The molecule has 0 aliphatic heterocycles. The number of hydrogen-bond acceptors (Lipinski definition) is 3. The summed E-state index contributed by atoms with van der Waals surface area (Å²) in [5.74, 6) is 1.45. The van der Waals surface area contributed by atoms with Crippen LogP contribution in [0.25, 0.3) is 0 Å². The van der Waals surface area contributed by atoms with Crippen molar-refractivity contribution in [1.82, 2.24) is 5.32 Å². The van der Waals surface area contributed by atoms with Crippen molar-refractivity contribution in [1.29, 1.82) is 0 Å². The molecule has 1 rings (SSSR count). The van der Waals surface area contributed by atoms with Crippen molar-refractivity contribution in [2.45, 2.75) is 39.8 Å². The van der Waals surface area contributed by atoms with Crippen LogP contribution >= 0.6 is 0 Å². The maximum Gasteiger partial charge on any atom is 0.123 e. The lowest BCUT2D eigenvalue weighted by Gasteiger charge is -2.15. The minimum absolute atomic E-state index is 0.274. The van der Waals surface area contributed by atoms with E-state index >= 15 is 0 Å². The highest BCUT2D eigenvalue weighted by Crippen LogP contribution is 2.17. The molecule has 3 nitrogen and oxygen atoms in total. The van der Waals surface area contributed by atoms with Crippen molar-refractivity contribution in [2.75, 3.05) is 13.2 Å². The molecule has 0 fully saturated rings. The minimum Gasteiger partial charge on any atom is -0.494 e. The van der Waals surface area contributed by atoms with Crippen molar-refractivity contribution in [3.05, 3.63) is 29.8 Å². The molecule has 102 valence electrons. The number of nitrogens with one attached hydrogen (secondary N) is 1. The zero-order chi connectivity index (χ0) is 13.4.